The van der Waals surface area contributed by atoms with Gasteiger partial charge in [0, 0.05) is 0 Å². The summed E-state index contributed by atoms with van der Waals surface area (Å²) in [5.41, 5.74) is 10.6. The van der Waals surface area contributed by atoms with E-state index in [4.69, 9.17) is 5.73 Å². The summed E-state index contributed by atoms with van der Waals surface area (Å²) in [5.74, 6) is -0.113. The van der Waals surface area contributed by atoms with Crippen LogP contribution in [0.1, 0.15) is 11.1 Å². The standard InChI is InChI=1S/C15H13FN4/c1-8-3-4-10(16)6-11(8)12-7-14-13(5-9(12)2)18-15(17)20-19-14/h3-7H,1-2H3,(H2,17,18,20). The minimum absolute atomic E-state index is 0.145. The maximum atomic E-state index is 13.5. The van der Waals surface area contributed by atoms with Gasteiger partial charge in [0.05, 0.1) is 5.52 Å². The number of anilines is 1. The van der Waals surface area contributed by atoms with Crippen LogP contribution in [0.15, 0.2) is 30.3 Å². The zero-order valence-electron chi connectivity index (χ0n) is 11.2. The predicted molar refractivity (Wildman–Crippen MR) is 76.6 cm³/mol. The summed E-state index contributed by atoms with van der Waals surface area (Å²) >= 11 is 0. The van der Waals surface area contributed by atoms with Gasteiger partial charge in [-0.1, -0.05) is 6.07 Å². The van der Waals surface area contributed by atoms with E-state index in [1.807, 2.05) is 26.0 Å². The van der Waals surface area contributed by atoms with Crippen LogP contribution in [0, 0.1) is 19.7 Å². The van der Waals surface area contributed by atoms with E-state index < -0.39 is 0 Å². The fourth-order valence-electron chi connectivity index (χ4n) is 2.28. The van der Waals surface area contributed by atoms with Gasteiger partial charge < -0.3 is 5.73 Å². The lowest BCUT2D eigenvalue weighted by molar-refractivity contribution is 0.628. The van der Waals surface area contributed by atoms with Gasteiger partial charge in [-0.15, -0.1) is 10.2 Å². The first-order valence-corrected chi connectivity index (χ1v) is 6.21. The summed E-state index contributed by atoms with van der Waals surface area (Å²) in [6.07, 6.45) is 0. The van der Waals surface area contributed by atoms with Gasteiger partial charge in [-0.25, -0.2) is 9.37 Å². The molecule has 0 aliphatic rings. The highest BCUT2D eigenvalue weighted by Crippen LogP contribution is 2.29. The Labute approximate surface area is 115 Å². The lowest BCUT2D eigenvalue weighted by Crippen LogP contribution is -1.99. The molecule has 0 aliphatic carbocycles. The largest absolute Gasteiger partial charge is 0.366 e. The van der Waals surface area contributed by atoms with Crippen LogP contribution in [0.25, 0.3) is 22.2 Å². The summed E-state index contributed by atoms with van der Waals surface area (Å²) in [5, 5.41) is 7.78. The van der Waals surface area contributed by atoms with Crippen LogP contribution in [0.4, 0.5) is 10.3 Å². The van der Waals surface area contributed by atoms with Crippen molar-refractivity contribution in [3.8, 4) is 11.1 Å². The third-order valence-corrected chi connectivity index (χ3v) is 3.31. The quantitative estimate of drug-likeness (QED) is 0.736. The van der Waals surface area contributed by atoms with Crippen LogP contribution in [0.2, 0.25) is 0 Å². The van der Waals surface area contributed by atoms with Crippen molar-refractivity contribution in [2.24, 2.45) is 0 Å². The van der Waals surface area contributed by atoms with Gasteiger partial charge in [-0.3, -0.25) is 0 Å². The molecule has 2 N–H and O–H groups in total. The van der Waals surface area contributed by atoms with Crippen molar-refractivity contribution in [3.63, 3.8) is 0 Å². The first-order valence-electron chi connectivity index (χ1n) is 6.21. The Morgan fingerprint density at radius 3 is 2.45 bits per heavy atom. The van der Waals surface area contributed by atoms with E-state index in [2.05, 4.69) is 15.2 Å². The molecule has 0 spiro atoms. The molecule has 3 rings (SSSR count). The van der Waals surface area contributed by atoms with Crippen molar-refractivity contribution >= 4 is 17.0 Å². The summed E-state index contributed by atoms with van der Waals surface area (Å²) in [6, 6.07) is 8.51. The smallest absolute Gasteiger partial charge is 0.240 e. The molecule has 20 heavy (non-hydrogen) atoms. The number of rotatable bonds is 1. The maximum absolute atomic E-state index is 13.5. The van der Waals surface area contributed by atoms with Crippen molar-refractivity contribution in [3.05, 3.63) is 47.3 Å². The molecule has 0 saturated carbocycles. The molecule has 100 valence electrons. The first kappa shape index (κ1) is 12.5. The van der Waals surface area contributed by atoms with Crippen molar-refractivity contribution < 1.29 is 4.39 Å². The molecule has 1 aromatic heterocycles. The SMILES string of the molecule is Cc1ccc(F)cc1-c1cc2nnc(N)nc2cc1C. The zero-order valence-corrected chi connectivity index (χ0v) is 11.2. The van der Waals surface area contributed by atoms with Gasteiger partial charge in [0.1, 0.15) is 11.3 Å². The van der Waals surface area contributed by atoms with Crippen molar-refractivity contribution in [2.75, 3.05) is 5.73 Å². The summed E-state index contributed by atoms with van der Waals surface area (Å²) in [4.78, 5) is 4.14. The van der Waals surface area contributed by atoms with Gasteiger partial charge in [-0.05, 0) is 60.4 Å². The molecule has 5 heteroatoms. The van der Waals surface area contributed by atoms with Gasteiger partial charge >= 0.3 is 0 Å². The highest BCUT2D eigenvalue weighted by atomic mass is 19.1. The fourth-order valence-corrected chi connectivity index (χ4v) is 2.28. The molecular weight excluding hydrogens is 255 g/mol. The Hall–Kier alpha value is -2.56. The van der Waals surface area contributed by atoms with Crippen LogP contribution in [-0.2, 0) is 0 Å². The number of nitrogen functional groups attached to an aromatic ring is 1. The number of hydrogen-bond acceptors (Lipinski definition) is 4. The highest BCUT2D eigenvalue weighted by molar-refractivity contribution is 5.84. The van der Waals surface area contributed by atoms with Crippen LogP contribution in [0.3, 0.4) is 0 Å². The second kappa shape index (κ2) is 4.52. The third kappa shape index (κ3) is 2.07. The molecule has 0 radical (unpaired) electrons. The molecule has 4 nitrogen and oxygen atoms in total. The number of aromatic nitrogens is 3. The third-order valence-electron chi connectivity index (χ3n) is 3.31. The number of nitrogens with zero attached hydrogens (tertiary/aromatic N) is 3. The molecule has 0 atom stereocenters. The van der Waals surface area contributed by atoms with Crippen LogP contribution < -0.4 is 5.73 Å². The Morgan fingerprint density at radius 1 is 0.900 bits per heavy atom. The summed E-state index contributed by atoms with van der Waals surface area (Å²) in [7, 11) is 0. The van der Waals surface area contributed by atoms with E-state index >= 15 is 0 Å². The average molecular weight is 268 g/mol. The Morgan fingerprint density at radius 2 is 1.65 bits per heavy atom. The topological polar surface area (TPSA) is 64.7 Å². The Bertz CT molecular complexity index is 814. The first-order chi connectivity index (χ1) is 9.54. The van der Waals surface area contributed by atoms with Crippen molar-refractivity contribution in [1.82, 2.24) is 15.2 Å². The highest BCUT2D eigenvalue weighted by Gasteiger charge is 2.10. The number of halogens is 1. The molecular formula is C15H13FN4. The molecule has 1 heterocycles. The monoisotopic (exact) mass is 268 g/mol. The molecule has 0 fully saturated rings. The average Bonchev–Trinajstić information content (AvgIpc) is 2.41. The van der Waals surface area contributed by atoms with Gasteiger partial charge in [-0.2, -0.15) is 0 Å². The summed E-state index contributed by atoms with van der Waals surface area (Å²) < 4.78 is 13.5. The van der Waals surface area contributed by atoms with Crippen LogP contribution >= 0.6 is 0 Å². The predicted octanol–water partition coefficient (Wildman–Crippen LogP) is 3.03. The molecule has 0 aliphatic heterocycles. The summed E-state index contributed by atoms with van der Waals surface area (Å²) in [6.45, 7) is 3.91. The van der Waals surface area contributed by atoms with E-state index in [9.17, 15) is 4.39 Å². The Kier molecular flexibility index (Phi) is 2.82. The van der Waals surface area contributed by atoms with Crippen LogP contribution in [0.5, 0.6) is 0 Å². The van der Waals surface area contributed by atoms with E-state index in [0.29, 0.717) is 11.0 Å². The molecule has 2 aromatic carbocycles. The van der Waals surface area contributed by atoms with Crippen molar-refractivity contribution in [2.45, 2.75) is 13.8 Å². The van der Waals surface area contributed by atoms with Gasteiger partial charge in [0.25, 0.3) is 0 Å². The Balaban J connectivity index is 2.28. The minimum atomic E-state index is -0.258. The van der Waals surface area contributed by atoms with Gasteiger partial charge in [0.15, 0.2) is 0 Å². The second-order valence-electron chi connectivity index (χ2n) is 4.79. The number of nitrogens with two attached hydrogens (primary N) is 1. The lowest BCUT2D eigenvalue weighted by Gasteiger charge is -2.10. The van der Waals surface area contributed by atoms with Crippen molar-refractivity contribution in [1.29, 1.82) is 0 Å². The van der Waals surface area contributed by atoms with E-state index in [0.717, 1.165) is 22.3 Å². The zero-order chi connectivity index (χ0) is 14.3. The molecule has 0 bridgehead atoms. The second-order valence-corrected chi connectivity index (χ2v) is 4.79. The normalized spacial score (nSPS) is 10.9. The minimum Gasteiger partial charge on any atom is -0.366 e. The molecule has 0 unspecified atom stereocenters. The molecule has 3 aromatic rings. The van der Waals surface area contributed by atoms with Gasteiger partial charge in [0.2, 0.25) is 5.95 Å². The van der Waals surface area contributed by atoms with E-state index in [1.54, 1.807) is 6.07 Å². The number of fused-ring (bicyclic) bond motifs is 1. The van der Waals surface area contributed by atoms with E-state index in [1.165, 1.54) is 12.1 Å². The number of benzene rings is 2. The van der Waals surface area contributed by atoms with Crippen LogP contribution in [-0.4, -0.2) is 15.2 Å². The maximum Gasteiger partial charge on any atom is 0.240 e. The molecule has 0 saturated heterocycles. The number of aryl methyl sites for hydroxylation is 2. The van der Waals surface area contributed by atoms with E-state index in [-0.39, 0.29) is 11.8 Å². The lowest BCUT2D eigenvalue weighted by atomic mass is 9.96. The fraction of sp³-hybridized carbons (Fsp3) is 0.133. The number of hydrogen-bond donors (Lipinski definition) is 1. The molecule has 0 amide bonds.